The highest BCUT2D eigenvalue weighted by Gasteiger charge is 2.16. The third kappa shape index (κ3) is 3.98. The van der Waals surface area contributed by atoms with Gasteiger partial charge in [0.2, 0.25) is 0 Å². The van der Waals surface area contributed by atoms with Gasteiger partial charge >= 0.3 is 0 Å². The van der Waals surface area contributed by atoms with Gasteiger partial charge in [-0.15, -0.1) is 0 Å². The number of anilines is 1. The van der Waals surface area contributed by atoms with Crippen LogP contribution in [0.15, 0.2) is 65.3 Å². The molecule has 4 aromatic heterocycles. The van der Waals surface area contributed by atoms with Gasteiger partial charge in [0.1, 0.15) is 11.2 Å². The lowest BCUT2D eigenvalue weighted by Gasteiger charge is -2.13. The van der Waals surface area contributed by atoms with E-state index in [0.29, 0.717) is 5.82 Å². The van der Waals surface area contributed by atoms with Crippen LogP contribution in [-0.2, 0) is 0 Å². The Kier molecular flexibility index (Phi) is 5.93. The number of hydrogen-bond acceptors (Lipinski definition) is 6. The molecule has 5 aromatic rings. The highest BCUT2D eigenvalue weighted by Crippen LogP contribution is 2.32. The number of H-pyrrole nitrogens is 2. The zero-order valence-corrected chi connectivity index (χ0v) is 20.7. The van der Waals surface area contributed by atoms with E-state index in [0.717, 1.165) is 55.6 Å². The second-order valence-electron chi connectivity index (χ2n) is 7.92. The van der Waals surface area contributed by atoms with E-state index in [9.17, 15) is 0 Å². The van der Waals surface area contributed by atoms with E-state index in [2.05, 4.69) is 65.9 Å². The van der Waals surface area contributed by atoms with Crippen LogP contribution in [-0.4, -0.2) is 50.4 Å². The van der Waals surface area contributed by atoms with Crippen LogP contribution in [0.1, 0.15) is 5.56 Å². The summed E-state index contributed by atoms with van der Waals surface area (Å²) in [6, 6.07) is 8.32. The number of hydrogen-bond donors (Lipinski definition) is 3. The first-order valence-electron chi connectivity index (χ1n) is 10.5. The number of aromatic nitrogens is 6. The SMILES string of the molecule is CN(C)c1cncc(-c2ccc3[nH]nc(-c4nc5c(C(/C=C\C=N)=C/I)cncc5[nH]4)c3c2)c1. The standard InChI is InChI=1S/C25H21IN8/c1-34(2)18-8-17(11-28-12-18)15-5-6-21-19(9-15)24(33-32-21)25-30-22-14-29-13-20(23(22)31-25)16(10-26)4-3-7-27/h3-14,27H,1-2H3,(H,30,31)(H,32,33)/b4-3-,16-10+,27-7?. The molecular weight excluding hydrogens is 539 g/mol. The average molecular weight is 560 g/mol. The first kappa shape index (κ1) is 22.0. The molecule has 0 bridgehead atoms. The van der Waals surface area contributed by atoms with E-state index in [1.165, 1.54) is 6.21 Å². The molecule has 0 radical (unpaired) electrons. The molecule has 0 aliphatic rings. The quantitative estimate of drug-likeness (QED) is 0.142. The normalized spacial score (nSPS) is 12.1. The monoisotopic (exact) mass is 560 g/mol. The summed E-state index contributed by atoms with van der Waals surface area (Å²) in [7, 11) is 4.00. The third-order valence-corrected chi connectivity index (χ3v) is 6.23. The Morgan fingerprint density at radius 1 is 1.03 bits per heavy atom. The van der Waals surface area contributed by atoms with Crippen molar-refractivity contribution in [2.45, 2.75) is 0 Å². The van der Waals surface area contributed by atoms with E-state index < -0.39 is 0 Å². The van der Waals surface area contributed by atoms with Crippen molar-refractivity contribution in [2.75, 3.05) is 19.0 Å². The van der Waals surface area contributed by atoms with Crippen LogP contribution < -0.4 is 4.90 Å². The van der Waals surface area contributed by atoms with Crippen molar-refractivity contribution >= 4 is 62.0 Å². The lowest BCUT2D eigenvalue weighted by atomic mass is 10.0. The van der Waals surface area contributed by atoms with Gasteiger partial charge in [0.15, 0.2) is 5.82 Å². The zero-order chi connectivity index (χ0) is 23.7. The van der Waals surface area contributed by atoms with Crippen molar-refractivity contribution in [1.82, 2.24) is 30.1 Å². The number of allylic oxidation sites excluding steroid dienone is 3. The van der Waals surface area contributed by atoms with Crippen LogP contribution >= 0.6 is 22.6 Å². The second-order valence-corrected chi connectivity index (χ2v) is 8.54. The summed E-state index contributed by atoms with van der Waals surface area (Å²) in [6.45, 7) is 0. The molecule has 0 amide bonds. The summed E-state index contributed by atoms with van der Waals surface area (Å²) in [5, 5.41) is 15.9. The van der Waals surface area contributed by atoms with E-state index in [1.807, 2.05) is 47.6 Å². The van der Waals surface area contributed by atoms with Crippen LogP contribution in [0.25, 0.3) is 50.2 Å². The molecule has 0 unspecified atom stereocenters. The van der Waals surface area contributed by atoms with Gasteiger partial charge in [-0.2, -0.15) is 5.10 Å². The van der Waals surface area contributed by atoms with E-state index in [-0.39, 0.29) is 0 Å². The highest BCUT2D eigenvalue weighted by molar-refractivity contribution is 14.1. The molecule has 0 aliphatic carbocycles. The topological polar surface area (TPSA) is 110 Å². The van der Waals surface area contributed by atoms with Crippen molar-refractivity contribution in [3.63, 3.8) is 0 Å². The van der Waals surface area contributed by atoms with Crippen LogP contribution in [0.4, 0.5) is 5.69 Å². The number of pyridine rings is 2. The first-order chi connectivity index (χ1) is 16.6. The molecule has 0 fully saturated rings. The number of rotatable bonds is 6. The molecule has 9 heteroatoms. The summed E-state index contributed by atoms with van der Waals surface area (Å²) in [4.78, 5) is 19.1. The maximum atomic E-state index is 7.29. The Balaban J connectivity index is 1.62. The molecule has 0 atom stereocenters. The van der Waals surface area contributed by atoms with Gasteiger partial charge in [-0.1, -0.05) is 34.7 Å². The van der Waals surface area contributed by atoms with Gasteiger partial charge in [-0.3, -0.25) is 15.1 Å². The minimum Gasteiger partial charge on any atom is -0.376 e. The molecule has 1 aromatic carbocycles. The smallest absolute Gasteiger partial charge is 0.159 e. The minimum atomic E-state index is 0.664. The Labute approximate surface area is 209 Å². The Hall–Kier alpha value is -3.86. The molecule has 0 saturated heterocycles. The van der Waals surface area contributed by atoms with Crippen molar-refractivity contribution in [3.05, 3.63) is 70.9 Å². The van der Waals surface area contributed by atoms with Crippen LogP contribution in [0.5, 0.6) is 0 Å². The Morgan fingerprint density at radius 3 is 2.68 bits per heavy atom. The van der Waals surface area contributed by atoms with Crippen molar-refractivity contribution in [2.24, 2.45) is 0 Å². The van der Waals surface area contributed by atoms with Gasteiger partial charge in [-0.05, 0) is 39.5 Å². The predicted molar refractivity (Wildman–Crippen MR) is 146 cm³/mol. The maximum Gasteiger partial charge on any atom is 0.159 e. The van der Waals surface area contributed by atoms with Gasteiger partial charge in [0.05, 0.1) is 29.1 Å². The molecule has 5 rings (SSSR count). The molecule has 3 N–H and O–H groups in total. The molecule has 34 heavy (non-hydrogen) atoms. The predicted octanol–water partition coefficient (Wildman–Crippen LogP) is 5.61. The first-order valence-corrected chi connectivity index (χ1v) is 11.8. The van der Waals surface area contributed by atoms with Crippen molar-refractivity contribution in [3.8, 4) is 22.6 Å². The highest BCUT2D eigenvalue weighted by atomic mass is 127. The molecule has 0 spiro atoms. The molecule has 0 aliphatic heterocycles. The fourth-order valence-electron chi connectivity index (χ4n) is 3.80. The van der Waals surface area contributed by atoms with Gasteiger partial charge < -0.3 is 15.3 Å². The number of nitrogens with zero attached hydrogens (tertiary/aromatic N) is 5. The van der Waals surface area contributed by atoms with E-state index in [1.54, 1.807) is 18.5 Å². The van der Waals surface area contributed by atoms with Crippen LogP contribution in [0, 0.1) is 5.41 Å². The summed E-state index contributed by atoms with van der Waals surface area (Å²) in [5.74, 6) is 0.664. The summed E-state index contributed by atoms with van der Waals surface area (Å²) in [5.41, 5.74) is 8.24. The summed E-state index contributed by atoms with van der Waals surface area (Å²) in [6.07, 6.45) is 12.1. The molecule has 8 nitrogen and oxygen atoms in total. The summed E-state index contributed by atoms with van der Waals surface area (Å²) >= 11 is 2.19. The van der Waals surface area contributed by atoms with Gasteiger partial charge in [-0.25, -0.2) is 4.98 Å². The third-order valence-electron chi connectivity index (χ3n) is 5.56. The van der Waals surface area contributed by atoms with E-state index in [4.69, 9.17) is 10.4 Å². The minimum absolute atomic E-state index is 0.664. The van der Waals surface area contributed by atoms with Gasteiger partial charge in [0, 0.05) is 49.2 Å². The van der Waals surface area contributed by atoms with Crippen LogP contribution in [0.3, 0.4) is 0 Å². The Bertz CT molecular complexity index is 1570. The van der Waals surface area contributed by atoms with Crippen LogP contribution in [0.2, 0.25) is 0 Å². The molecule has 0 saturated carbocycles. The average Bonchev–Trinajstić information content (AvgIpc) is 3.48. The molecule has 4 heterocycles. The largest absolute Gasteiger partial charge is 0.376 e. The molecule has 168 valence electrons. The van der Waals surface area contributed by atoms with Crippen molar-refractivity contribution in [1.29, 1.82) is 5.41 Å². The number of benzene rings is 1. The lowest BCUT2D eigenvalue weighted by Crippen LogP contribution is -2.08. The van der Waals surface area contributed by atoms with Gasteiger partial charge in [0.25, 0.3) is 0 Å². The maximum absolute atomic E-state index is 7.29. The van der Waals surface area contributed by atoms with E-state index >= 15 is 0 Å². The number of imidazole rings is 1. The second kappa shape index (κ2) is 9.18. The zero-order valence-electron chi connectivity index (χ0n) is 18.5. The number of aromatic amines is 2. The molecular formula is C25H21IN8. The fourth-order valence-corrected chi connectivity index (χ4v) is 4.34. The lowest BCUT2D eigenvalue weighted by molar-refractivity contribution is 1.10. The van der Waals surface area contributed by atoms with Crippen molar-refractivity contribution < 1.29 is 0 Å². The number of halogens is 1. The Morgan fingerprint density at radius 2 is 1.88 bits per heavy atom. The summed E-state index contributed by atoms with van der Waals surface area (Å²) < 4.78 is 1.95. The number of fused-ring (bicyclic) bond motifs is 2. The number of nitrogens with one attached hydrogen (secondary N) is 3. The fraction of sp³-hybridized carbons (Fsp3) is 0.0800.